The van der Waals surface area contributed by atoms with Crippen molar-refractivity contribution in [2.45, 2.75) is 71.8 Å². The molecule has 19 heteroatoms. The molecule has 0 amide bonds. The number of imidazole rings is 2. The zero-order valence-electron chi connectivity index (χ0n) is 48.3. The van der Waals surface area contributed by atoms with Gasteiger partial charge in [-0.15, -0.1) is 0 Å². The van der Waals surface area contributed by atoms with E-state index in [2.05, 4.69) is 76.5 Å². The lowest BCUT2D eigenvalue weighted by molar-refractivity contribution is 0.400. The van der Waals surface area contributed by atoms with Crippen LogP contribution in [0, 0.1) is 17.6 Å². The Morgan fingerprint density at radius 1 is 0.536 bits per heavy atom. The summed E-state index contributed by atoms with van der Waals surface area (Å²) in [5.41, 5.74) is 15.3. The van der Waals surface area contributed by atoms with E-state index in [-0.39, 0.29) is 11.6 Å². The molecule has 1 aliphatic carbocycles. The predicted molar refractivity (Wildman–Crippen MR) is 330 cm³/mol. The number of hydrogen-bond acceptors (Lipinski definition) is 13. The Morgan fingerprint density at radius 3 is 1.62 bits per heavy atom. The maximum atomic E-state index is 14.7. The maximum absolute atomic E-state index is 14.7. The molecule has 13 rings (SSSR count). The molecule has 17 nitrogen and oxygen atoms in total. The van der Waals surface area contributed by atoms with Crippen LogP contribution in [0.1, 0.15) is 69.1 Å². The first-order valence-electron chi connectivity index (χ1n) is 28.9. The third-order valence-electron chi connectivity index (χ3n) is 15.1. The Balaban J connectivity index is 0.000000173. The van der Waals surface area contributed by atoms with Crippen molar-refractivity contribution in [3.8, 4) is 67.9 Å². The van der Waals surface area contributed by atoms with Crippen LogP contribution in [0.25, 0.3) is 112 Å². The van der Waals surface area contributed by atoms with Crippen molar-refractivity contribution in [1.82, 2.24) is 85.4 Å². The summed E-state index contributed by atoms with van der Waals surface area (Å²) in [5.74, 6) is 1.46. The van der Waals surface area contributed by atoms with Gasteiger partial charge >= 0.3 is 0 Å². The molecular formula is C65H69F2N17. The Bertz CT molecular complexity index is 4180. The molecule has 428 valence electrons. The lowest BCUT2D eigenvalue weighted by Crippen LogP contribution is -2.20. The summed E-state index contributed by atoms with van der Waals surface area (Å²) in [6.45, 7) is 7.73. The average Bonchev–Trinajstić information content (AvgIpc) is 2.56. The van der Waals surface area contributed by atoms with Gasteiger partial charge in [-0.05, 0) is 175 Å². The zero-order chi connectivity index (χ0) is 58.1. The second kappa shape index (κ2) is 26.0. The van der Waals surface area contributed by atoms with Gasteiger partial charge in [-0.1, -0.05) is 44.9 Å². The zero-order valence-corrected chi connectivity index (χ0v) is 48.3. The van der Waals surface area contributed by atoms with Crippen molar-refractivity contribution in [3.05, 3.63) is 157 Å². The van der Waals surface area contributed by atoms with Gasteiger partial charge in [0.15, 0.2) is 11.6 Å². The number of H-pyrrole nitrogens is 4. The lowest BCUT2D eigenvalue weighted by Gasteiger charge is -2.11. The number of benzene rings is 2. The largest absolute Gasteiger partial charge is 0.335 e. The van der Waals surface area contributed by atoms with Crippen LogP contribution in [0.2, 0.25) is 0 Å². The van der Waals surface area contributed by atoms with Crippen LogP contribution in [0.4, 0.5) is 8.78 Å². The summed E-state index contributed by atoms with van der Waals surface area (Å²) in [6, 6.07) is 22.2. The molecule has 5 N–H and O–H groups in total. The van der Waals surface area contributed by atoms with Crippen molar-refractivity contribution in [2.24, 2.45) is 5.92 Å². The van der Waals surface area contributed by atoms with E-state index in [0.717, 1.165) is 158 Å². The van der Waals surface area contributed by atoms with Crippen LogP contribution in [0.15, 0.2) is 129 Å². The SMILES string of the molecule is CC.CN(C)CCCc1cc(F)cc(-c2cncc3[nH]c(-c4n[nH]c5cnc(-c6ccccn6)cc45)nc23)c1.CN(C)CCCc1cc(F)cc(-c2cncc3[nH]c(-c4n[nH]c5cnc(-c6cncc(CNCC7CCCC7)c6)cc45)nc23)c1. The Kier molecular flexibility index (Phi) is 17.6. The third kappa shape index (κ3) is 13.1. The Morgan fingerprint density at radius 2 is 1.07 bits per heavy atom. The van der Waals surface area contributed by atoms with Crippen molar-refractivity contribution in [2.75, 3.05) is 47.8 Å². The van der Waals surface area contributed by atoms with Crippen molar-refractivity contribution >= 4 is 43.9 Å². The van der Waals surface area contributed by atoms with Gasteiger partial charge in [0.25, 0.3) is 0 Å². The quantitative estimate of drug-likeness (QED) is 0.0542. The van der Waals surface area contributed by atoms with Crippen LogP contribution < -0.4 is 5.32 Å². The van der Waals surface area contributed by atoms with E-state index in [4.69, 9.17) is 15.0 Å². The van der Waals surface area contributed by atoms with Gasteiger partial charge in [0.1, 0.15) is 23.0 Å². The summed E-state index contributed by atoms with van der Waals surface area (Å²) >= 11 is 0. The normalized spacial score (nSPS) is 12.7. The minimum absolute atomic E-state index is 0.262. The molecule has 0 unspecified atom stereocenters. The number of nitrogens with zero attached hydrogens (tertiary/aromatic N) is 12. The minimum atomic E-state index is -0.266. The molecule has 2 aromatic carbocycles. The van der Waals surface area contributed by atoms with Gasteiger partial charge in [0.05, 0.1) is 75.0 Å². The molecule has 1 fully saturated rings. The summed E-state index contributed by atoms with van der Waals surface area (Å²) in [6.07, 6.45) is 24.8. The molecule has 0 atom stereocenters. The average molecular weight is 1130 g/mol. The summed E-state index contributed by atoms with van der Waals surface area (Å²) < 4.78 is 29.3. The van der Waals surface area contributed by atoms with Crippen LogP contribution in [0.3, 0.4) is 0 Å². The van der Waals surface area contributed by atoms with Crippen molar-refractivity contribution < 1.29 is 8.78 Å². The van der Waals surface area contributed by atoms with Gasteiger partial charge in [0, 0.05) is 65.0 Å². The first-order valence-corrected chi connectivity index (χ1v) is 28.9. The molecule has 0 radical (unpaired) electrons. The molecule has 10 aromatic heterocycles. The van der Waals surface area contributed by atoms with Crippen LogP contribution in [-0.2, 0) is 19.4 Å². The number of aryl methyl sites for hydroxylation is 2. The first kappa shape index (κ1) is 56.8. The fraction of sp³-hybridized carbons (Fsp3) is 0.292. The van der Waals surface area contributed by atoms with E-state index in [1.807, 2.05) is 96.9 Å². The molecule has 10 heterocycles. The molecular weight excluding hydrogens is 1060 g/mol. The second-order valence-corrected chi connectivity index (χ2v) is 21.8. The molecule has 0 saturated heterocycles. The van der Waals surface area contributed by atoms with E-state index in [1.54, 1.807) is 61.6 Å². The minimum Gasteiger partial charge on any atom is -0.335 e. The Hall–Kier alpha value is -9.04. The summed E-state index contributed by atoms with van der Waals surface area (Å²) in [7, 11) is 8.17. The second-order valence-electron chi connectivity index (χ2n) is 21.8. The highest BCUT2D eigenvalue weighted by Crippen LogP contribution is 2.35. The molecule has 1 saturated carbocycles. The standard InChI is InChI=1S/C35H38FN9.C28H25FN8.C2H6/c1-45(2)9-5-8-23-10-25(13-27(36)12-23)29-19-39-20-32-33(29)42-35(41-32)34-28-14-30(40-21-31(28)43-44-34)26-11-24(17-38-18-26)16-37-15-22-6-3-4-7-22;1-37(2)9-5-6-17-10-18(12-19(29)11-17)21-14-30-15-25-26(21)34-28(33-25)27-20-13-23(22-7-3-4-8-31-22)32-16-24(20)35-36-27;1-2/h10-14,17-22,37H,3-9,15-16H2,1-2H3,(H,41,42)(H,43,44);3-4,7-8,10-16H,5-6,9H2,1-2H3,(H,33,34)(H,35,36);1-2H3. The number of fused-ring (bicyclic) bond motifs is 4. The van der Waals surface area contributed by atoms with E-state index in [9.17, 15) is 8.78 Å². The lowest BCUT2D eigenvalue weighted by atomic mass is 10.0. The molecule has 1 aliphatic rings. The first-order chi connectivity index (χ1) is 41.0. The maximum Gasteiger partial charge on any atom is 0.159 e. The highest BCUT2D eigenvalue weighted by atomic mass is 19.1. The van der Waals surface area contributed by atoms with Crippen molar-refractivity contribution in [3.63, 3.8) is 0 Å². The van der Waals surface area contributed by atoms with Crippen LogP contribution >= 0.6 is 0 Å². The number of aromatic amines is 4. The van der Waals surface area contributed by atoms with E-state index in [0.29, 0.717) is 28.6 Å². The monoisotopic (exact) mass is 1130 g/mol. The molecule has 84 heavy (non-hydrogen) atoms. The van der Waals surface area contributed by atoms with Gasteiger partial charge < -0.3 is 25.1 Å². The van der Waals surface area contributed by atoms with E-state index < -0.39 is 0 Å². The highest BCUT2D eigenvalue weighted by Gasteiger charge is 2.21. The number of nitrogens with one attached hydrogen (secondary N) is 5. The number of rotatable bonds is 18. The Labute approximate surface area is 486 Å². The number of halogens is 2. The topological polar surface area (TPSA) is 211 Å². The van der Waals surface area contributed by atoms with Gasteiger partial charge in [-0.25, -0.2) is 18.7 Å². The fourth-order valence-electron chi connectivity index (χ4n) is 11.0. The molecule has 0 spiro atoms. The number of aromatic nitrogens is 14. The third-order valence-corrected chi connectivity index (χ3v) is 15.1. The number of hydrogen-bond donors (Lipinski definition) is 5. The molecule has 0 bridgehead atoms. The number of pyridine rings is 6. The highest BCUT2D eigenvalue weighted by molar-refractivity contribution is 5.99. The van der Waals surface area contributed by atoms with Crippen LogP contribution in [-0.4, -0.2) is 128 Å². The fourth-order valence-corrected chi connectivity index (χ4v) is 11.0. The van der Waals surface area contributed by atoms with Gasteiger partial charge in [-0.3, -0.25) is 40.1 Å². The van der Waals surface area contributed by atoms with Gasteiger partial charge in [0.2, 0.25) is 0 Å². The molecule has 12 aromatic rings. The summed E-state index contributed by atoms with van der Waals surface area (Å²) in [5, 5.41) is 20.6. The smallest absolute Gasteiger partial charge is 0.159 e. The van der Waals surface area contributed by atoms with E-state index >= 15 is 0 Å². The molecule has 0 aliphatic heterocycles. The van der Waals surface area contributed by atoms with Crippen molar-refractivity contribution in [1.29, 1.82) is 0 Å². The predicted octanol–water partition coefficient (Wildman–Crippen LogP) is 12.8. The summed E-state index contributed by atoms with van der Waals surface area (Å²) in [4.78, 5) is 47.8. The van der Waals surface area contributed by atoms with Crippen LogP contribution in [0.5, 0.6) is 0 Å². The van der Waals surface area contributed by atoms with Gasteiger partial charge in [-0.2, -0.15) is 10.2 Å². The van der Waals surface area contributed by atoms with E-state index in [1.165, 1.54) is 31.7 Å².